The monoisotopic (exact) mass is 277 g/mol. The molecule has 0 bridgehead atoms. The van der Waals surface area contributed by atoms with Crippen molar-refractivity contribution in [2.45, 2.75) is 19.4 Å². The van der Waals surface area contributed by atoms with Crippen LogP contribution >= 0.6 is 0 Å². The Morgan fingerprint density at radius 1 is 1.45 bits per heavy atom. The first kappa shape index (κ1) is 15.0. The maximum Gasteiger partial charge on any atom is 0.238 e. The van der Waals surface area contributed by atoms with Crippen LogP contribution in [0.1, 0.15) is 12.5 Å². The van der Waals surface area contributed by atoms with E-state index in [9.17, 15) is 4.79 Å². The van der Waals surface area contributed by atoms with Gasteiger partial charge in [-0.2, -0.15) is 0 Å². The molecule has 1 aliphatic heterocycles. The van der Waals surface area contributed by atoms with Gasteiger partial charge in [-0.1, -0.05) is 19.1 Å². The van der Waals surface area contributed by atoms with Gasteiger partial charge in [-0.25, -0.2) is 0 Å². The average molecular weight is 277 g/mol. The van der Waals surface area contributed by atoms with Crippen LogP contribution in [0, 0.1) is 0 Å². The van der Waals surface area contributed by atoms with Gasteiger partial charge in [0.25, 0.3) is 0 Å². The lowest BCUT2D eigenvalue weighted by atomic mass is 10.1. The zero-order valence-corrected chi connectivity index (χ0v) is 12.0. The largest absolute Gasteiger partial charge is 0.374 e. The Morgan fingerprint density at radius 2 is 2.20 bits per heavy atom. The molecule has 1 fully saturated rings. The minimum absolute atomic E-state index is 0.00641. The topological polar surface area (TPSA) is 67.6 Å². The van der Waals surface area contributed by atoms with Crippen LogP contribution in [0.2, 0.25) is 0 Å². The summed E-state index contributed by atoms with van der Waals surface area (Å²) in [4.78, 5) is 14.1. The summed E-state index contributed by atoms with van der Waals surface area (Å²) in [6, 6.07) is 7.96. The second-order valence-corrected chi connectivity index (χ2v) is 5.06. The van der Waals surface area contributed by atoms with Gasteiger partial charge in [0, 0.05) is 25.3 Å². The molecule has 1 aromatic rings. The van der Waals surface area contributed by atoms with Crippen LogP contribution < -0.4 is 11.1 Å². The van der Waals surface area contributed by atoms with Gasteiger partial charge in [-0.15, -0.1) is 0 Å². The third-order valence-corrected chi connectivity index (χ3v) is 3.50. The summed E-state index contributed by atoms with van der Waals surface area (Å²) in [5, 5.41) is 2.92. The fraction of sp³-hybridized carbons (Fsp3) is 0.533. The van der Waals surface area contributed by atoms with Gasteiger partial charge in [0.05, 0.1) is 19.3 Å². The van der Waals surface area contributed by atoms with Crippen LogP contribution in [-0.4, -0.2) is 49.7 Å². The number of rotatable bonds is 5. The molecule has 1 saturated heterocycles. The Hall–Kier alpha value is -1.43. The van der Waals surface area contributed by atoms with Crippen molar-refractivity contribution >= 4 is 11.6 Å². The first-order valence-electron chi connectivity index (χ1n) is 7.14. The molecule has 1 aromatic carbocycles. The molecule has 1 heterocycles. The molecule has 1 aliphatic rings. The fourth-order valence-corrected chi connectivity index (χ4v) is 2.29. The lowest BCUT2D eigenvalue weighted by Gasteiger charge is -2.31. The maximum atomic E-state index is 12.0. The molecular weight excluding hydrogens is 254 g/mol. The van der Waals surface area contributed by atoms with Gasteiger partial charge in [-0.3, -0.25) is 9.69 Å². The number of nitrogens with one attached hydrogen (secondary N) is 1. The number of carbonyl (C=O) groups is 1. The lowest BCUT2D eigenvalue weighted by molar-refractivity contribution is -0.119. The molecule has 0 saturated carbocycles. The van der Waals surface area contributed by atoms with Gasteiger partial charge in [0.1, 0.15) is 0 Å². The average Bonchev–Trinajstić information content (AvgIpc) is 2.48. The van der Waals surface area contributed by atoms with Crippen LogP contribution in [0.4, 0.5) is 5.69 Å². The number of nitrogens with two attached hydrogens (primary N) is 1. The van der Waals surface area contributed by atoms with Gasteiger partial charge in [-0.05, 0) is 24.1 Å². The van der Waals surface area contributed by atoms with Crippen molar-refractivity contribution in [2.24, 2.45) is 5.73 Å². The SMILES string of the molecule is CCc1ccc(NC(=O)CN2CCOC(CN)C2)cc1. The van der Waals surface area contributed by atoms with Crippen LogP contribution in [0.5, 0.6) is 0 Å². The number of carbonyl (C=O) groups excluding carboxylic acids is 1. The molecule has 5 heteroatoms. The highest BCUT2D eigenvalue weighted by molar-refractivity contribution is 5.92. The van der Waals surface area contributed by atoms with E-state index in [1.54, 1.807) is 0 Å². The van der Waals surface area contributed by atoms with Crippen molar-refractivity contribution in [1.82, 2.24) is 4.90 Å². The van der Waals surface area contributed by atoms with Crippen LogP contribution in [-0.2, 0) is 16.0 Å². The molecule has 2 rings (SSSR count). The van der Waals surface area contributed by atoms with E-state index in [1.807, 2.05) is 24.3 Å². The van der Waals surface area contributed by atoms with Crippen molar-refractivity contribution < 1.29 is 9.53 Å². The van der Waals surface area contributed by atoms with Gasteiger partial charge in [0.2, 0.25) is 5.91 Å². The number of morpholine rings is 1. The zero-order chi connectivity index (χ0) is 14.4. The summed E-state index contributed by atoms with van der Waals surface area (Å²) < 4.78 is 5.48. The third kappa shape index (κ3) is 4.30. The first-order chi connectivity index (χ1) is 9.71. The summed E-state index contributed by atoms with van der Waals surface area (Å²) in [5.74, 6) is 0.00641. The molecule has 0 spiro atoms. The molecule has 110 valence electrons. The lowest BCUT2D eigenvalue weighted by Crippen LogP contribution is -2.48. The van der Waals surface area contributed by atoms with Crippen LogP contribution in [0.3, 0.4) is 0 Å². The fourth-order valence-electron chi connectivity index (χ4n) is 2.29. The van der Waals surface area contributed by atoms with Crippen molar-refractivity contribution in [3.8, 4) is 0 Å². The number of hydrogen-bond acceptors (Lipinski definition) is 4. The number of nitrogens with zero attached hydrogens (tertiary/aromatic N) is 1. The number of amides is 1. The van der Waals surface area contributed by atoms with E-state index < -0.39 is 0 Å². The van der Waals surface area contributed by atoms with Gasteiger partial charge < -0.3 is 15.8 Å². The number of anilines is 1. The van der Waals surface area contributed by atoms with Crippen molar-refractivity contribution in [3.63, 3.8) is 0 Å². The number of hydrogen-bond donors (Lipinski definition) is 2. The highest BCUT2D eigenvalue weighted by Gasteiger charge is 2.20. The molecule has 1 unspecified atom stereocenters. The minimum Gasteiger partial charge on any atom is -0.374 e. The second-order valence-electron chi connectivity index (χ2n) is 5.06. The Kier molecular flexibility index (Phi) is 5.52. The molecule has 0 aliphatic carbocycles. The summed E-state index contributed by atoms with van der Waals surface area (Å²) >= 11 is 0. The van der Waals surface area contributed by atoms with E-state index in [0.717, 1.165) is 25.2 Å². The Labute approximate surface area is 120 Å². The highest BCUT2D eigenvalue weighted by Crippen LogP contribution is 2.10. The first-order valence-corrected chi connectivity index (χ1v) is 7.14. The number of aryl methyl sites for hydroxylation is 1. The summed E-state index contributed by atoms with van der Waals surface area (Å²) in [6.07, 6.45) is 1.04. The molecule has 5 nitrogen and oxygen atoms in total. The minimum atomic E-state index is 0.00641. The van der Waals surface area contributed by atoms with Crippen molar-refractivity contribution in [3.05, 3.63) is 29.8 Å². The van der Waals surface area contributed by atoms with Crippen molar-refractivity contribution in [1.29, 1.82) is 0 Å². The number of ether oxygens (including phenoxy) is 1. The molecule has 3 N–H and O–H groups in total. The molecule has 20 heavy (non-hydrogen) atoms. The van der Waals surface area contributed by atoms with E-state index >= 15 is 0 Å². The predicted octanol–water partition coefficient (Wildman–Crippen LogP) is 0.847. The Balaban J connectivity index is 1.82. The van der Waals surface area contributed by atoms with Gasteiger partial charge in [0.15, 0.2) is 0 Å². The standard InChI is InChI=1S/C15H23N3O2/c1-2-12-3-5-13(6-4-12)17-15(19)11-18-7-8-20-14(9-16)10-18/h3-6,14H,2,7-11,16H2,1H3,(H,17,19). The van der Waals surface area contributed by atoms with Crippen LogP contribution in [0.15, 0.2) is 24.3 Å². The molecule has 0 radical (unpaired) electrons. The maximum absolute atomic E-state index is 12.0. The predicted molar refractivity (Wildman–Crippen MR) is 79.7 cm³/mol. The van der Waals surface area contributed by atoms with E-state index in [2.05, 4.69) is 17.1 Å². The smallest absolute Gasteiger partial charge is 0.238 e. The molecular formula is C15H23N3O2. The Bertz CT molecular complexity index is 433. The van der Waals surface area contributed by atoms with Crippen LogP contribution in [0.25, 0.3) is 0 Å². The normalized spacial score (nSPS) is 19.8. The molecule has 0 aromatic heterocycles. The van der Waals surface area contributed by atoms with E-state index in [4.69, 9.17) is 10.5 Å². The summed E-state index contributed by atoms with van der Waals surface area (Å²) in [7, 11) is 0. The van der Waals surface area contributed by atoms with Crippen molar-refractivity contribution in [2.75, 3.05) is 38.1 Å². The van der Waals surface area contributed by atoms with E-state index in [0.29, 0.717) is 19.7 Å². The number of benzene rings is 1. The molecule has 1 atom stereocenters. The van der Waals surface area contributed by atoms with Gasteiger partial charge >= 0.3 is 0 Å². The quantitative estimate of drug-likeness (QED) is 0.837. The Morgan fingerprint density at radius 3 is 2.85 bits per heavy atom. The second kappa shape index (κ2) is 7.38. The zero-order valence-electron chi connectivity index (χ0n) is 12.0. The molecule has 1 amide bonds. The summed E-state index contributed by atoms with van der Waals surface area (Å²) in [5.41, 5.74) is 7.70. The van der Waals surface area contributed by atoms with E-state index in [-0.39, 0.29) is 12.0 Å². The third-order valence-electron chi connectivity index (χ3n) is 3.50. The summed E-state index contributed by atoms with van der Waals surface area (Å²) in [6.45, 7) is 5.13. The van der Waals surface area contributed by atoms with E-state index in [1.165, 1.54) is 5.56 Å². The highest BCUT2D eigenvalue weighted by atomic mass is 16.5.